The molecule has 0 bridgehead atoms. The molecule has 7 nitrogen and oxygen atoms in total. The highest BCUT2D eigenvalue weighted by atomic mass is 32.2. The van der Waals surface area contributed by atoms with Crippen molar-refractivity contribution in [2.45, 2.75) is 44.0 Å². The lowest BCUT2D eigenvalue weighted by atomic mass is 10.0. The molecule has 4 rings (SSSR count). The van der Waals surface area contributed by atoms with Gasteiger partial charge in [-0.05, 0) is 62.1 Å². The molecule has 166 valence electrons. The van der Waals surface area contributed by atoms with Gasteiger partial charge in [-0.25, -0.2) is 8.42 Å². The summed E-state index contributed by atoms with van der Waals surface area (Å²) in [5.41, 5.74) is 1.97. The second-order valence-corrected chi connectivity index (χ2v) is 9.98. The number of rotatable bonds is 5. The summed E-state index contributed by atoms with van der Waals surface area (Å²) in [5.74, 6) is 1.05. The smallest absolute Gasteiger partial charge is 0.252 e. The first-order valence-corrected chi connectivity index (χ1v) is 12.1. The Morgan fingerprint density at radius 1 is 1.00 bits per heavy atom. The summed E-state index contributed by atoms with van der Waals surface area (Å²) >= 11 is 0. The standard InChI is InChI=1S/C23H28N2O5S/c1-16-6-8-19(31(27,28)25-10-4-3-5-11-25)15-20(16)23(26)24-17(2)18-7-9-21-22(14-18)30-13-12-29-21/h6-9,14-15,17H,3-5,10-13H2,1-2H3,(H,24,26)/t17-/m1/s1. The van der Waals surface area contributed by atoms with Crippen LogP contribution < -0.4 is 14.8 Å². The highest BCUT2D eigenvalue weighted by Crippen LogP contribution is 2.32. The van der Waals surface area contributed by atoms with E-state index in [9.17, 15) is 13.2 Å². The molecule has 1 amide bonds. The van der Waals surface area contributed by atoms with Crippen molar-refractivity contribution in [1.29, 1.82) is 0 Å². The van der Waals surface area contributed by atoms with Crippen LogP contribution in [0.1, 0.15) is 53.7 Å². The number of benzene rings is 2. The molecule has 2 aromatic carbocycles. The van der Waals surface area contributed by atoms with Crippen molar-refractivity contribution in [3.05, 3.63) is 53.1 Å². The maximum absolute atomic E-state index is 13.0. The first kappa shape index (κ1) is 21.6. The van der Waals surface area contributed by atoms with E-state index in [1.54, 1.807) is 19.1 Å². The monoisotopic (exact) mass is 444 g/mol. The minimum absolute atomic E-state index is 0.164. The maximum atomic E-state index is 13.0. The van der Waals surface area contributed by atoms with Gasteiger partial charge in [-0.3, -0.25) is 4.79 Å². The third kappa shape index (κ3) is 4.55. The minimum Gasteiger partial charge on any atom is -0.486 e. The summed E-state index contributed by atoms with van der Waals surface area (Å²) in [4.78, 5) is 13.2. The van der Waals surface area contributed by atoms with Crippen LogP contribution in [0.2, 0.25) is 0 Å². The average molecular weight is 445 g/mol. The number of hydrogen-bond acceptors (Lipinski definition) is 5. The molecule has 2 aromatic rings. The van der Waals surface area contributed by atoms with Crippen molar-refractivity contribution >= 4 is 15.9 Å². The lowest BCUT2D eigenvalue weighted by Gasteiger charge is -2.26. The van der Waals surface area contributed by atoms with Gasteiger partial charge in [0.1, 0.15) is 13.2 Å². The summed E-state index contributed by atoms with van der Waals surface area (Å²) in [6, 6.07) is 10.1. The molecule has 2 aliphatic rings. The summed E-state index contributed by atoms with van der Waals surface area (Å²) in [6.07, 6.45) is 2.78. The van der Waals surface area contributed by atoms with Crippen molar-refractivity contribution in [1.82, 2.24) is 9.62 Å². The quantitative estimate of drug-likeness (QED) is 0.764. The number of nitrogens with one attached hydrogen (secondary N) is 1. The third-order valence-corrected chi connectivity index (χ3v) is 7.71. The van der Waals surface area contributed by atoms with E-state index in [1.807, 2.05) is 25.1 Å². The summed E-state index contributed by atoms with van der Waals surface area (Å²) in [7, 11) is -3.60. The van der Waals surface area contributed by atoms with E-state index < -0.39 is 10.0 Å². The van der Waals surface area contributed by atoms with Crippen LogP contribution in [0.15, 0.2) is 41.3 Å². The minimum atomic E-state index is -3.60. The lowest BCUT2D eigenvalue weighted by molar-refractivity contribution is 0.0939. The van der Waals surface area contributed by atoms with E-state index >= 15 is 0 Å². The first-order chi connectivity index (χ1) is 14.9. The van der Waals surface area contributed by atoms with Crippen LogP contribution in [-0.2, 0) is 10.0 Å². The number of carbonyl (C=O) groups excluding carboxylic acids is 1. The molecule has 8 heteroatoms. The number of piperidine rings is 1. The molecule has 0 aliphatic carbocycles. The number of amides is 1. The zero-order valence-corrected chi connectivity index (χ0v) is 18.7. The molecule has 1 saturated heterocycles. The normalized spacial score (nSPS) is 17.7. The van der Waals surface area contributed by atoms with Crippen molar-refractivity contribution in [2.75, 3.05) is 26.3 Å². The molecule has 0 aromatic heterocycles. The second kappa shape index (κ2) is 8.88. The molecule has 31 heavy (non-hydrogen) atoms. The molecule has 0 spiro atoms. The van der Waals surface area contributed by atoms with E-state index in [0.717, 1.165) is 30.4 Å². The van der Waals surface area contributed by atoms with Crippen molar-refractivity contribution in [3.8, 4) is 11.5 Å². The summed E-state index contributed by atoms with van der Waals surface area (Å²) in [6.45, 7) is 5.76. The predicted molar refractivity (Wildman–Crippen MR) is 117 cm³/mol. The average Bonchev–Trinajstić information content (AvgIpc) is 2.79. The van der Waals surface area contributed by atoms with Gasteiger partial charge in [0.15, 0.2) is 11.5 Å². The SMILES string of the molecule is Cc1ccc(S(=O)(=O)N2CCCCC2)cc1C(=O)N[C@H](C)c1ccc2c(c1)OCCO2. The van der Waals surface area contributed by atoms with E-state index in [2.05, 4.69) is 5.32 Å². The highest BCUT2D eigenvalue weighted by molar-refractivity contribution is 7.89. The number of ether oxygens (including phenoxy) is 2. The van der Waals surface area contributed by atoms with Gasteiger partial charge >= 0.3 is 0 Å². The third-order valence-electron chi connectivity index (χ3n) is 5.82. The number of fused-ring (bicyclic) bond motifs is 1. The Morgan fingerprint density at radius 3 is 2.45 bits per heavy atom. The Bertz CT molecular complexity index is 1080. The van der Waals surface area contributed by atoms with E-state index in [4.69, 9.17) is 9.47 Å². The Morgan fingerprint density at radius 2 is 1.71 bits per heavy atom. The van der Waals surface area contributed by atoms with Crippen LogP contribution in [-0.4, -0.2) is 44.9 Å². The van der Waals surface area contributed by atoms with Crippen LogP contribution in [0.5, 0.6) is 11.5 Å². The molecule has 1 fully saturated rings. The fraction of sp³-hybridized carbons (Fsp3) is 0.435. The van der Waals surface area contributed by atoms with Gasteiger partial charge in [-0.1, -0.05) is 18.6 Å². The van der Waals surface area contributed by atoms with Gasteiger partial charge in [0.05, 0.1) is 10.9 Å². The lowest BCUT2D eigenvalue weighted by Crippen LogP contribution is -2.35. The van der Waals surface area contributed by atoms with Gasteiger partial charge in [0.2, 0.25) is 10.0 Å². The molecular weight excluding hydrogens is 416 g/mol. The second-order valence-electron chi connectivity index (χ2n) is 8.04. The Labute approximate surface area is 183 Å². The number of carbonyl (C=O) groups is 1. The van der Waals surface area contributed by atoms with Gasteiger partial charge in [-0.15, -0.1) is 0 Å². The van der Waals surface area contributed by atoms with E-state index in [1.165, 1.54) is 10.4 Å². The first-order valence-electron chi connectivity index (χ1n) is 10.7. The van der Waals surface area contributed by atoms with Gasteiger partial charge in [0.25, 0.3) is 5.91 Å². The van der Waals surface area contributed by atoms with Crippen molar-refractivity contribution in [3.63, 3.8) is 0 Å². The van der Waals surface area contributed by atoms with E-state index in [-0.39, 0.29) is 16.8 Å². The molecule has 0 radical (unpaired) electrons. The highest BCUT2D eigenvalue weighted by Gasteiger charge is 2.27. The summed E-state index contributed by atoms with van der Waals surface area (Å²) in [5, 5.41) is 2.97. The fourth-order valence-corrected chi connectivity index (χ4v) is 5.49. The van der Waals surface area contributed by atoms with Gasteiger partial charge in [0, 0.05) is 18.7 Å². The van der Waals surface area contributed by atoms with Crippen LogP contribution >= 0.6 is 0 Å². The molecule has 0 unspecified atom stereocenters. The van der Waals surface area contributed by atoms with Crippen LogP contribution in [0.3, 0.4) is 0 Å². The van der Waals surface area contributed by atoms with Crippen molar-refractivity contribution in [2.24, 2.45) is 0 Å². The van der Waals surface area contributed by atoms with Crippen LogP contribution in [0, 0.1) is 6.92 Å². The largest absolute Gasteiger partial charge is 0.486 e. The topological polar surface area (TPSA) is 84.9 Å². The molecule has 1 N–H and O–H groups in total. The molecular formula is C23H28N2O5S. The van der Waals surface area contributed by atoms with Crippen molar-refractivity contribution < 1.29 is 22.7 Å². The van der Waals surface area contributed by atoms with E-state index in [0.29, 0.717) is 43.4 Å². The summed E-state index contributed by atoms with van der Waals surface area (Å²) < 4.78 is 38.7. The zero-order chi connectivity index (χ0) is 22.0. The number of aryl methyl sites for hydroxylation is 1. The van der Waals surface area contributed by atoms with Crippen LogP contribution in [0.25, 0.3) is 0 Å². The maximum Gasteiger partial charge on any atom is 0.252 e. The Kier molecular flexibility index (Phi) is 6.20. The zero-order valence-electron chi connectivity index (χ0n) is 17.9. The Hall–Kier alpha value is -2.58. The number of sulfonamides is 1. The fourth-order valence-electron chi connectivity index (χ4n) is 3.95. The van der Waals surface area contributed by atoms with Gasteiger partial charge in [-0.2, -0.15) is 4.31 Å². The Balaban J connectivity index is 1.53. The molecule has 2 aliphatic heterocycles. The molecule has 1 atom stereocenters. The predicted octanol–water partition coefficient (Wildman–Crippen LogP) is 3.43. The van der Waals surface area contributed by atoms with Gasteiger partial charge < -0.3 is 14.8 Å². The van der Waals surface area contributed by atoms with Crippen LogP contribution in [0.4, 0.5) is 0 Å². The molecule has 0 saturated carbocycles. The number of hydrogen-bond donors (Lipinski definition) is 1. The number of nitrogens with zero attached hydrogens (tertiary/aromatic N) is 1. The molecule has 2 heterocycles.